The molecular weight excluding hydrogens is 374 g/mol. The van der Waals surface area contributed by atoms with Gasteiger partial charge >= 0.3 is 5.97 Å². The number of hydrogen-bond acceptors (Lipinski definition) is 6. The first kappa shape index (κ1) is 20.2. The van der Waals surface area contributed by atoms with Crippen LogP contribution in [0.25, 0.3) is 11.4 Å². The van der Waals surface area contributed by atoms with Crippen LogP contribution in [-0.2, 0) is 21.5 Å². The molecule has 3 aromatic rings. The van der Waals surface area contributed by atoms with Gasteiger partial charge in [-0.3, -0.25) is 9.36 Å². The van der Waals surface area contributed by atoms with Gasteiger partial charge in [-0.2, -0.15) is 0 Å². The molecule has 0 aliphatic rings. The Bertz CT molecular complexity index is 925. The number of nitrogens with zero attached hydrogens (tertiary/aromatic N) is 3. The Kier molecular flexibility index (Phi) is 5.93. The van der Waals surface area contributed by atoms with Gasteiger partial charge in [0.2, 0.25) is 0 Å². The van der Waals surface area contributed by atoms with Crippen molar-refractivity contribution in [2.24, 2.45) is 0 Å². The molecule has 148 valence electrons. The summed E-state index contributed by atoms with van der Waals surface area (Å²) in [6.45, 7) is 8.83. The van der Waals surface area contributed by atoms with Crippen LogP contribution in [0.2, 0.25) is 0 Å². The molecule has 0 fully saturated rings. The fraction of sp³-hybridized carbons (Fsp3) is 0.381. The Hall–Kier alpha value is -2.54. The van der Waals surface area contributed by atoms with Crippen LogP contribution in [0.3, 0.4) is 0 Å². The number of benzene rings is 1. The van der Waals surface area contributed by atoms with Gasteiger partial charge in [0.25, 0.3) is 0 Å². The molecule has 0 N–H and O–H groups in total. The lowest BCUT2D eigenvalue weighted by Crippen LogP contribution is -2.16. The summed E-state index contributed by atoms with van der Waals surface area (Å²) in [5, 5.41) is 8.98. The summed E-state index contributed by atoms with van der Waals surface area (Å²) in [5.41, 5.74) is 2.30. The van der Waals surface area contributed by atoms with Gasteiger partial charge in [-0.15, -0.1) is 10.2 Å². The lowest BCUT2D eigenvalue weighted by molar-refractivity contribution is -0.139. The molecule has 0 aliphatic heterocycles. The molecule has 28 heavy (non-hydrogen) atoms. The zero-order chi connectivity index (χ0) is 20.3. The maximum absolute atomic E-state index is 11.8. The summed E-state index contributed by atoms with van der Waals surface area (Å²) in [5.74, 6) is 1.23. The van der Waals surface area contributed by atoms with Gasteiger partial charge in [-0.25, -0.2) is 0 Å². The van der Waals surface area contributed by atoms with Gasteiger partial charge < -0.3 is 9.15 Å². The monoisotopic (exact) mass is 399 g/mol. The Morgan fingerprint density at radius 1 is 1.21 bits per heavy atom. The van der Waals surface area contributed by atoms with Crippen molar-refractivity contribution in [1.82, 2.24) is 14.8 Å². The highest BCUT2D eigenvalue weighted by molar-refractivity contribution is 8.00. The van der Waals surface area contributed by atoms with Crippen molar-refractivity contribution in [2.45, 2.75) is 50.1 Å². The normalized spacial score (nSPS) is 12.8. The Labute approximate surface area is 169 Å². The number of carbonyl (C=O) groups is 1. The molecule has 1 atom stereocenters. The fourth-order valence-corrected chi connectivity index (χ4v) is 3.66. The van der Waals surface area contributed by atoms with Gasteiger partial charge in [-0.1, -0.05) is 56.8 Å². The van der Waals surface area contributed by atoms with Crippen LogP contribution in [0.1, 0.15) is 39.0 Å². The van der Waals surface area contributed by atoms with E-state index in [2.05, 4.69) is 55.2 Å². The molecule has 0 saturated heterocycles. The Morgan fingerprint density at radius 2 is 1.93 bits per heavy atom. The number of rotatable bonds is 6. The van der Waals surface area contributed by atoms with Gasteiger partial charge in [0.05, 0.1) is 19.9 Å². The minimum absolute atomic E-state index is 0.0807. The molecule has 0 aliphatic carbocycles. The summed E-state index contributed by atoms with van der Waals surface area (Å²) in [6.07, 6.45) is 1.64. The summed E-state index contributed by atoms with van der Waals surface area (Å²) in [6, 6.07) is 12.1. The minimum Gasteiger partial charge on any atom is -0.468 e. The average molecular weight is 400 g/mol. The zero-order valence-corrected chi connectivity index (χ0v) is 17.6. The van der Waals surface area contributed by atoms with Crippen LogP contribution in [0.15, 0.2) is 52.2 Å². The average Bonchev–Trinajstić information content (AvgIpc) is 3.31. The molecule has 3 rings (SSSR count). The summed E-state index contributed by atoms with van der Waals surface area (Å²) in [4.78, 5) is 11.8. The number of hydrogen-bond donors (Lipinski definition) is 0. The van der Waals surface area contributed by atoms with E-state index in [1.54, 1.807) is 13.2 Å². The van der Waals surface area contributed by atoms with E-state index in [4.69, 9.17) is 9.15 Å². The van der Waals surface area contributed by atoms with Crippen LogP contribution >= 0.6 is 11.8 Å². The van der Waals surface area contributed by atoms with E-state index < -0.39 is 0 Å². The SMILES string of the molecule is COC(=O)[C@@H](C)Sc1nnc(-c2ccc(C(C)(C)C)cc2)n1Cc1ccco1. The quantitative estimate of drug-likeness (QED) is 0.448. The Morgan fingerprint density at radius 3 is 2.50 bits per heavy atom. The molecule has 2 aromatic heterocycles. The first-order chi connectivity index (χ1) is 13.3. The minimum atomic E-state index is -0.388. The molecule has 0 spiro atoms. The number of carbonyl (C=O) groups excluding carboxylic acids is 1. The third-order valence-electron chi connectivity index (χ3n) is 4.44. The third-order valence-corrected chi connectivity index (χ3v) is 5.49. The highest BCUT2D eigenvalue weighted by atomic mass is 32.2. The molecule has 0 saturated carbocycles. The van der Waals surface area contributed by atoms with Gasteiger partial charge in [0, 0.05) is 5.56 Å². The predicted molar refractivity (Wildman–Crippen MR) is 109 cm³/mol. The maximum Gasteiger partial charge on any atom is 0.318 e. The second-order valence-electron chi connectivity index (χ2n) is 7.58. The van der Waals surface area contributed by atoms with Crippen LogP contribution in [0, 0.1) is 0 Å². The predicted octanol–water partition coefficient (Wildman–Crippen LogP) is 4.54. The Balaban J connectivity index is 1.97. The fourth-order valence-electron chi connectivity index (χ4n) is 2.78. The molecule has 0 unspecified atom stereocenters. The van der Waals surface area contributed by atoms with E-state index in [9.17, 15) is 4.79 Å². The molecule has 0 bridgehead atoms. The first-order valence-corrected chi connectivity index (χ1v) is 9.98. The topological polar surface area (TPSA) is 70.2 Å². The number of methoxy groups -OCH3 is 1. The van der Waals surface area contributed by atoms with Crippen LogP contribution < -0.4 is 0 Å². The van der Waals surface area contributed by atoms with E-state index in [0.29, 0.717) is 11.7 Å². The van der Waals surface area contributed by atoms with E-state index in [1.807, 2.05) is 16.7 Å². The number of furan rings is 1. The molecule has 7 heteroatoms. The second-order valence-corrected chi connectivity index (χ2v) is 8.89. The molecule has 1 aromatic carbocycles. The van der Waals surface area contributed by atoms with E-state index in [-0.39, 0.29) is 16.6 Å². The summed E-state index contributed by atoms with van der Waals surface area (Å²) < 4.78 is 12.3. The van der Waals surface area contributed by atoms with Crippen molar-refractivity contribution in [3.05, 3.63) is 54.0 Å². The molecule has 0 amide bonds. The molecular formula is C21H25N3O3S. The van der Waals surface area contributed by atoms with Crippen LogP contribution in [-0.4, -0.2) is 33.1 Å². The zero-order valence-electron chi connectivity index (χ0n) is 16.8. The lowest BCUT2D eigenvalue weighted by Gasteiger charge is -2.19. The van der Waals surface area contributed by atoms with Crippen molar-refractivity contribution in [3.8, 4) is 11.4 Å². The number of ether oxygens (including phenoxy) is 1. The highest BCUT2D eigenvalue weighted by Gasteiger charge is 2.22. The molecule has 0 radical (unpaired) electrons. The van der Waals surface area contributed by atoms with E-state index >= 15 is 0 Å². The number of esters is 1. The van der Waals surface area contributed by atoms with Crippen LogP contribution in [0.4, 0.5) is 0 Å². The largest absolute Gasteiger partial charge is 0.468 e. The van der Waals surface area contributed by atoms with E-state index in [1.165, 1.54) is 24.4 Å². The molecule has 2 heterocycles. The van der Waals surface area contributed by atoms with E-state index in [0.717, 1.165) is 17.1 Å². The van der Waals surface area contributed by atoms with Crippen molar-refractivity contribution in [3.63, 3.8) is 0 Å². The standard InChI is InChI=1S/C21H25N3O3S/c1-14(19(25)26-5)28-20-23-22-18(24(20)13-17-7-6-12-27-17)15-8-10-16(11-9-15)21(2,3)4/h6-12,14H,13H2,1-5H3/t14-/m1/s1. The first-order valence-electron chi connectivity index (χ1n) is 9.10. The van der Waals surface area contributed by atoms with Crippen molar-refractivity contribution in [1.29, 1.82) is 0 Å². The van der Waals surface area contributed by atoms with Gasteiger partial charge in [0.15, 0.2) is 11.0 Å². The van der Waals surface area contributed by atoms with Crippen molar-refractivity contribution in [2.75, 3.05) is 7.11 Å². The summed E-state index contributed by atoms with van der Waals surface area (Å²) >= 11 is 1.32. The highest BCUT2D eigenvalue weighted by Crippen LogP contribution is 2.30. The summed E-state index contributed by atoms with van der Waals surface area (Å²) in [7, 11) is 1.38. The van der Waals surface area contributed by atoms with Crippen LogP contribution in [0.5, 0.6) is 0 Å². The number of thioether (sulfide) groups is 1. The van der Waals surface area contributed by atoms with Crippen molar-refractivity contribution < 1.29 is 13.9 Å². The molecule has 6 nitrogen and oxygen atoms in total. The lowest BCUT2D eigenvalue weighted by atomic mass is 9.87. The second kappa shape index (κ2) is 8.22. The van der Waals surface area contributed by atoms with Crippen molar-refractivity contribution >= 4 is 17.7 Å². The van der Waals surface area contributed by atoms with Gasteiger partial charge in [-0.05, 0) is 30.0 Å². The number of aromatic nitrogens is 3. The third kappa shape index (κ3) is 4.47. The smallest absolute Gasteiger partial charge is 0.318 e. The maximum atomic E-state index is 11.8. The van der Waals surface area contributed by atoms with Gasteiger partial charge in [0.1, 0.15) is 11.0 Å².